The summed E-state index contributed by atoms with van der Waals surface area (Å²) in [5.41, 5.74) is 6.32. The maximum atomic E-state index is 12.2. The third-order valence-electron chi connectivity index (χ3n) is 2.82. The van der Waals surface area contributed by atoms with E-state index in [1.165, 1.54) is 0 Å². The fourth-order valence-electron chi connectivity index (χ4n) is 1.59. The predicted molar refractivity (Wildman–Crippen MR) is 74.9 cm³/mol. The summed E-state index contributed by atoms with van der Waals surface area (Å²) in [7, 11) is 1.76. The van der Waals surface area contributed by atoms with Crippen LogP contribution in [0.5, 0.6) is 0 Å². The second kappa shape index (κ2) is 7.35. The number of nitrogens with zero attached hydrogens (tertiary/aromatic N) is 3. The molecule has 0 spiro atoms. The van der Waals surface area contributed by atoms with E-state index in [-0.39, 0.29) is 11.9 Å². The fraction of sp³-hybridized carbons (Fsp3) is 0.462. The molecule has 2 amide bonds. The van der Waals surface area contributed by atoms with Gasteiger partial charge in [0.1, 0.15) is 0 Å². The van der Waals surface area contributed by atoms with E-state index in [0.717, 1.165) is 5.56 Å². The van der Waals surface area contributed by atoms with Gasteiger partial charge in [-0.3, -0.25) is 10.4 Å². The van der Waals surface area contributed by atoms with Crippen LogP contribution in [0.15, 0.2) is 24.5 Å². The first kappa shape index (κ1) is 14.9. The van der Waals surface area contributed by atoms with Gasteiger partial charge in [-0.15, -0.1) is 0 Å². The lowest BCUT2D eigenvalue weighted by Gasteiger charge is -2.27. The molecule has 0 bridgehead atoms. The van der Waals surface area contributed by atoms with E-state index in [1.54, 1.807) is 29.2 Å². The molecule has 6 heteroatoms. The van der Waals surface area contributed by atoms with E-state index in [4.69, 9.17) is 11.1 Å². The van der Waals surface area contributed by atoms with Gasteiger partial charge in [0.25, 0.3) is 0 Å². The Bertz CT molecular complexity index is 420. The number of hydrogen-bond donors (Lipinski definition) is 2. The Balaban J connectivity index is 2.74. The van der Waals surface area contributed by atoms with Crippen LogP contribution >= 0.6 is 0 Å². The van der Waals surface area contributed by atoms with Crippen LogP contribution in [0.3, 0.4) is 0 Å². The zero-order chi connectivity index (χ0) is 14.3. The lowest BCUT2D eigenvalue weighted by atomic mass is 10.2. The molecule has 0 unspecified atom stereocenters. The van der Waals surface area contributed by atoms with Crippen molar-refractivity contribution >= 4 is 11.9 Å². The Kier molecular flexibility index (Phi) is 5.78. The van der Waals surface area contributed by atoms with Crippen LogP contribution in [0.2, 0.25) is 0 Å². The Hall–Kier alpha value is -2.11. The highest BCUT2D eigenvalue weighted by atomic mass is 16.2. The molecule has 104 valence electrons. The number of hydrogen-bond acceptors (Lipinski definition) is 3. The van der Waals surface area contributed by atoms with Crippen LogP contribution in [0.1, 0.15) is 18.9 Å². The van der Waals surface area contributed by atoms with Gasteiger partial charge in [0.2, 0.25) is 0 Å². The normalized spacial score (nSPS) is 10.0. The average molecular weight is 263 g/mol. The third-order valence-corrected chi connectivity index (χ3v) is 2.82. The van der Waals surface area contributed by atoms with Crippen LogP contribution in [0.25, 0.3) is 0 Å². The first-order valence-corrected chi connectivity index (χ1v) is 6.26. The number of pyridine rings is 1. The fourth-order valence-corrected chi connectivity index (χ4v) is 1.59. The van der Waals surface area contributed by atoms with Crippen molar-refractivity contribution in [2.24, 2.45) is 5.73 Å². The van der Waals surface area contributed by atoms with Gasteiger partial charge < -0.3 is 15.5 Å². The smallest absolute Gasteiger partial charge is 0.320 e. The van der Waals surface area contributed by atoms with E-state index in [1.807, 2.05) is 19.1 Å². The molecule has 1 aromatic heterocycles. The van der Waals surface area contributed by atoms with Crippen molar-refractivity contribution in [1.29, 1.82) is 5.41 Å². The summed E-state index contributed by atoms with van der Waals surface area (Å²) in [4.78, 5) is 19.6. The van der Waals surface area contributed by atoms with Gasteiger partial charge in [0.15, 0.2) is 0 Å². The van der Waals surface area contributed by atoms with Gasteiger partial charge in [0, 0.05) is 45.5 Å². The van der Waals surface area contributed by atoms with Gasteiger partial charge in [-0.2, -0.15) is 0 Å². The molecule has 0 aromatic carbocycles. The Morgan fingerprint density at radius 1 is 1.53 bits per heavy atom. The second-order valence-electron chi connectivity index (χ2n) is 4.35. The molecule has 0 radical (unpaired) electrons. The van der Waals surface area contributed by atoms with Crippen molar-refractivity contribution < 1.29 is 4.79 Å². The molecular formula is C13H21N5O. The topological polar surface area (TPSA) is 86.3 Å². The summed E-state index contributed by atoms with van der Waals surface area (Å²) in [6.45, 7) is 3.48. The number of urea groups is 1. The Morgan fingerprint density at radius 2 is 2.26 bits per heavy atom. The number of nitrogens with two attached hydrogens (primary N) is 1. The molecule has 3 N–H and O–H groups in total. The Labute approximate surface area is 113 Å². The number of amides is 2. The van der Waals surface area contributed by atoms with Crippen LogP contribution < -0.4 is 5.73 Å². The molecule has 0 saturated carbocycles. The zero-order valence-electron chi connectivity index (χ0n) is 11.5. The monoisotopic (exact) mass is 263 g/mol. The minimum Gasteiger partial charge on any atom is -0.388 e. The van der Waals surface area contributed by atoms with Crippen molar-refractivity contribution in [2.45, 2.75) is 19.9 Å². The first-order chi connectivity index (χ1) is 9.04. The van der Waals surface area contributed by atoms with Gasteiger partial charge in [-0.25, -0.2) is 4.79 Å². The number of carbonyl (C=O) groups is 1. The van der Waals surface area contributed by atoms with Crippen LogP contribution in [0.4, 0.5) is 4.79 Å². The molecule has 6 nitrogen and oxygen atoms in total. The van der Waals surface area contributed by atoms with Crippen molar-refractivity contribution in [2.75, 3.05) is 20.1 Å². The van der Waals surface area contributed by atoms with E-state index < -0.39 is 0 Å². The number of rotatable bonds is 6. The molecule has 19 heavy (non-hydrogen) atoms. The number of aromatic nitrogens is 1. The number of carbonyl (C=O) groups excluding carboxylic acids is 1. The molecule has 0 aliphatic heterocycles. The summed E-state index contributed by atoms with van der Waals surface area (Å²) < 4.78 is 0. The SMILES string of the molecule is CCN(C)C(=O)N(CCC(=N)N)Cc1cccnc1. The average Bonchev–Trinajstić information content (AvgIpc) is 2.42. The molecule has 0 atom stereocenters. The van der Waals surface area contributed by atoms with E-state index >= 15 is 0 Å². The predicted octanol–water partition coefficient (Wildman–Crippen LogP) is 1.28. The maximum Gasteiger partial charge on any atom is 0.320 e. The highest BCUT2D eigenvalue weighted by molar-refractivity contribution is 5.78. The zero-order valence-corrected chi connectivity index (χ0v) is 11.5. The van der Waals surface area contributed by atoms with Gasteiger partial charge in [-0.1, -0.05) is 6.07 Å². The summed E-state index contributed by atoms with van der Waals surface area (Å²) in [6.07, 6.45) is 3.81. The first-order valence-electron chi connectivity index (χ1n) is 6.26. The molecule has 0 aliphatic rings. The van der Waals surface area contributed by atoms with Gasteiger partial charge in [0.05, 0.1) is 5.84 Å². The summed E-state index contributed by atoms with van der Waals surface area (Å²) in [5, 5.41) is 7.27. The second-order valence-corrected chi connectivity index (χ2v) is 4.35. The quantitative estimate of drug-likeness (QED) is 0.599. The summed E-state index contributed by atoms with van der Waals surface area (Å²) in [6, 6.07) is 3.70. The molecule has 0 saturated heterocycles. The number of nitrogens with one attached hydrogen (secondary N) is 1. The van der Waals surface area contributed by atoms with Crippen molar-refractivity contribution in [3.63, 3.8) is 0 Å². The summed E-state index contributed by atoms with van der Waals surface area (Å²) in [5.74, 6) is 0.0862. The van der Waals surface area contributed by atoms with Gasteiger partial charge >= 0.3 is 6.03 Å². The molecular weight excluding hydrogens is 242 g/mol. The van der Waals surface area contributed by atoms with Crippen LogP contribution in [0, 0.1) is 5.41 Å². The van der Waals surface area contributed by atoms with E-state index in [2.05, 4.69) is 4.98 Å². The van der Waals surface area contributed by atoms with Crippen LogP contribution in [-0.2, 0) is 6.54 Å². The minimum absolute atomic E-state index is 0.0624. The van der Waals surface area contributed by atoms with Crippen molar-refractivity contribution in [3.8, 4) is 0 Å². The van der Waals surface area contributed by atoms with Crippen molar-refractivity contribution in [1.82, 2.24) is 14.8 Å². The maximum absolute atomic E-state index is 12.2. The standard InChI is InChI=1S/C13H21N5O/c1-3-17(2)13(19)18(8-6-12(14)15)10-11-5-4-7-16-9-11/h4-5,7,9H,3,6,8,10H2,1-2H3,(H3,14,15). The molecule has 0 aliphatic carbocycles. The minimum atomic E-state index is -0.0624. The third kappa shape index (κ3) is 4.95. The highest BCUT2D eigenvalue weighted by Gasteiger charge is 2.17. The largest absolute Gasteiger partial charge is 0.388 e. The molecule has 1 rings (SSSR count). The van der Waals surface area contributed by atoms with Gasteiger partial charge in [-0.05, 0) is 18.6 Å². The molecule has 1 heterocycles. The van der Waals surface area contributed by atoms with E-state index in [0.29, 0.717) is 26.1 Å². The lowest BCUT2D eigenvalue weighted by molar-refractivity contribution is 0.163. The van der Waals surface area contributed by atoms with E-state index in [9.17, 15) is 4.79 Å². The number of amidine groups is 1. The summed E-state index contributed by atoms with van der Waals surface area (Å²) >= 11 is 0. The van der Waals surface area contributed by atoms with Crippen molar-refractivity contribution in [3.05, 3.63) is 30.1 Å². The molecule has 1 aromatic rings. The van der Waals surface area contributed by atoms with Crippen LogP contribution in [-0.4, -0.2) is 46.8 Å². The Morgan fingerprint density at radius 3 is 2.79 bits per heavy atom. The lowest BCUT2D eigenvalue weighted by Crippen LogP contribution is -2.42. The molecule has 0 fully saturated rings. The highest BCUT2D eigenvalue weighted by Crippen LogP contribution is 2.06.